The number of nitrogens with one attached hydrogen (secondary N) is 3. The van der Waals surface area contributed by atoms with Gasteiger partial charge in [-0.2, -0.15) is 5.10 Å². The van der Waals surface area contributed by atoms with E-state index < -0.39 is 0 Å². The molecule has 1 saturated heterocycles. The van der Waals surface area contributed by atoms with Crippen LogP contribution in [-0.2, 0) is 11.2 Å². The second-order valence-corrected chi connectivity index (χ2v) is 6.95. The molecule has 4 rings (SSSR count). The van der Waals surface area contributed by atoms with Gasteiger partial charge >= 0.3 is 0 Å². The number of aryl methyl sites for hydroxylation is 1. The minimum Gasteiger partial charge on any atom is -0.376 e. The molecule has 3 N–H and O–H groups in total. The van der Waals surface area contributed by atoms with Crippen LogP contribution in [0.25, 0.3) is 10.9 Å². The highest BCUT2D eigenvalue weighted by Gasteiger charge is 2.21. The van der Waals surface area contributed by atoms with E-state index >= 15 is 0 Å². The fraction of sp³-hybridized carbons (Fsp3) is 0.444. The summed E-state index contributed by atoms with van der Waals surface area (Å²) in [6.07, 6.45) is 5.21. The number of rotatable bonds is 3. The molecule has 2 aromatic rings. The van der Waals surface area contributed by atoms with Crippen LogP contribution in [0.2, 0.25) is 0 Å². The van der Waals surface area contributed by atoms with Crippen molar-refractivity contribution in [3.05, 3.63) is 35.3 Å². The third-order valence-electron chi connectivity index (χ3n) is 4.77. The Kier molecular flexibility index (Phi) is 4.67. The minimum absolute atomic E-state index is 0.227. The van der Waals surface area contributed by atoms with Crippen molar-refractivity contribution in [1.82, 2.24) is 15.7 Å². The number of hydrogen-bond acceptors (Lipinski definition) is 3. The first-order valence-electron chi connectivity index (χ1n) is 8.73. The van der Waals surface area contributed by atoms with Crippen molar-refractivity contribution >= 4 is 33.9 Å². The molecule has 0 saturated carbocycles. The summed E-state index contributed by atoms with van der Waals surface area (Å²) in [5.41, 5.74) is 6.92. The van der Waals surface area contributed by atoms with Crippen molar-refractivity contribution in [1.29, 1.82) is 0 Å². The van der Waals surface area contributed by atoms with Gasteiger partial charge in [0.15, 0.2) is 5.11 Å². The molecule has 2 heterocycles. The molecule has 1 aromatic heterocycles. The number of benzene rings is 1. The molecule has 0 spiro atoms. The Morgan fingerprint density at radius 3 is 3.12 bits per heavy atom. The molecule has 2 aliphatic rings. The zero-order chi connectivity index (χ0) is 17.2. The number of aromatic amines is 1. The van der Waals surface area contributed by atoms with E-state index in [1.165, 1.54) is 6.07 Å². The number of thiocarbonyl (C=S) groups is 1. The Hall–Kier alpha value is -1.99. The summed E-state index contributed by atoms with van der Waals surface area (Å²) in [4.78, 5) is 3.38. The van der Waals surface area contributed by atoms with Crippen molar-refractivity contribution in [2.45, 2.75) is 38.2 Å². The summed E-state index contributed by atoms with van der Waals surface area (Å²) in [6.45, 7) is 1.52. The molecule has 1 aliphatic heterocycles. The van der Waals surface area contributed by atoms with Crippen molar-refractivity contribution in [3.8, 4) is 0 Å². The van der Waals surface area contributed by atoms with Crippen LogP contribution in [0, 0.1) is 5.82 Å². The van der Waals surface area contributed by atoms with Crippen molar-refractivity contribution < 1.29 is 9.13 Å². The van der Waals surface area contributed by atoms with Gasteiger partial charge in [0.2, 0.25) is 0 Å². The van der Waals surface area contributed by atoms with Gasteiger partial charge in [-0.15, -0.1) is 0 Å². The number of H-pyrrole nitrogens is 1. The first kappa shape index (κ1) is 16.5. The van der Waals surface area contributed by atoms with Crippen LogP contribution in [0.3, 0.4) is 0 Å². The highest BCUT2D eigenvalue weighted by atomic mass is 32.1. The van der Waals surface area contributed by atoms with E-state index in [0.29, 0.717) is 11.7 Å². The summed E-state index contributed by atoms with van der Waals surface area (Å²) in [5.74, 6) is -0.235. The van der Waals surface area contributed by atoms with E-state index in [4.69, 9.17) is 17.0 Å². The van der Waals surface area contributed by atoms with E-state index in [9.17, 15) is 4.39 Å². The Morgan fingerprint density at radius 2 is 2.28 bits per heavy atom. The van der Waals surface area contributed by atoms with Crippen LogP contribution in [0.4, 0.5) is 4.39 Å². The Bertz CT molecular complexity index is 826. The average molecular weight is 360 g/mol. The van der Waals surface area contributed by atoms with Gasteiger partial charge in [-0.25, -0.2) is 4.39 Å². The molecule has 1 aromatic carbocycles. The van der Waals surface area contributed by atoms with Gasteiger partial charge in [0.05, 0.1) is 11.8 Å². The molecular formula is C18H21FN4OS. The zero-order valence-electron chi connectivity index (χ0n) is 13.9. The minimum atomic E-state index is -0.235. The fourth-order valence-corrected chi connectivity index (χ4v) is 3.71. The standard InChI is InChI=1S/C18H21FN4OS/c19-11-6-7-14-13(9-11)17-15(21-14)4-1-5-16(17)22-23-18(25)20-10-12-3-2-8-24-12/h6-7,9,12,21H,1-5,8,10H2,(H2,20,23,25)/b22-16+. The molecule has 25 heavy (non-hydrogen) atoms. The number of hydrazone groups is 1. The van der Waals surface area contributed by atoms with E-state index in [1.807, 2.05) is 0 Å². The van der Waals surface area contributed by atoms with Crippen molar-refractivity contribution in [2.24, 2.45) is 5.10 Å². The predicted octanol–water partition coefficient (Wildman–Crippen LogP) is 2.99. The van der Waals surface area contributed by atoms with Crippen LogP contribution >= 0.6 is 12.2 Å². The smallest absolute Gasteiger partial charge is 0.187 e. The average Bonchev–Trinajstić information content (AvgIpc) is 3.25. The quantitative estimate of drug-likeness (QED) is 0.582. The molecule has 1 aliphatic carbocycles. The van der Waals surface area contributed by atoms with Crippen molar-refractivity contribution in [2.75, 3.05) is 13.2 Å². The maximum Gasteiger partial charge on any atom is 0.187 e. The Morgan fingerprint density at radius 1 is 1.36 bits per heavy atom. The Labute approximate surface area is 151 Å². The zero-order valence-corrected chi connectivity index (χ0v) is 14.7. The normalized spacial score (nSPS) is 21.5. The molecule has 1 atom stereocenters. The molecular weight excluding hydrogens is 339 g/mol. The van der Waals surface area contributed by atoms with Crippen LogP contribution in [-0.4, -0.2) is 35.1 Å². The second-order valence-electron chi connectivity index (χ2n) is 6.54. The molecule has 1 fully saturated rings. The summed E-state index contributed by atoms with van der Waals surface area (Å²) in [5, 5.41) is 9.02. The van der Waals surface area contributed by atoms with Gasteiger partial charge in [0.1, 0.15) is 5.82 Å². The lowest BCUT2D eigenvalue weighted by Crippen LogP contribution is -2.37. The molecule has 5 nitrogen and oxygen atoms in total. The number of fused-ring (bicyclic) bond motifs is 3. The van der Waals surface area contributed by atoms with Gasteiger partial charge in [-0.3, -0.25) is 5.43 Å². The van der Waals surface area contributed by atoms with Crippen LogP contribution < -0.4 is 10.7 Å². The highest BCUT2D eigenvalue weighted by molar-refractivity contribution is 7.80. The topological polar surface area (TPSA) is 61.4 Å². The summed E-state index contributed by atoms with van der Waals surface area (Å²) < 4.78 is 19.2. The van der Waals surface area contributed by atoms with E-state index in [0.717, 1.165) is 66.6 Å². The molecule has 0 radical (unpaired) electrons. The molecule has 0 amide bonds. The van der Waals surface area contributed by atoms with E-state index in [2.05, 4.69) is 20.8 Å². The fourth-order valence-electron chi connectivity index (χ4n) is 3.58. The lowest BCUT2D eigenvalue weighted by atomic mass is 9.93. The largest absolute Gasteiger partial charge is 0.376 e. The summed E-state index contributed by atoms with van der Waals surface area (Å²) in [6, 6.07) is 4.82. The van der Waals surface area contributed by atoms with Crippen molar-refractivity contribution in [3.63, 3.8) is 0 Å². The number of aromatic nitrogens is 1. The Balaban J connectivity index is 1.49. The SMILES string of the molecule is Fc1ccc2[nH]c3c(c2c1)/C(=N/NC(=S)NCC1CCCO1)CCC3. The van der Waals surface area contributed by atoms with E-state index in [1.54, 1.807) is 12.1 Å². The summed E-state index contributed by atoms with van der Waals surface area (Å²) in [7, 11) is 0. The van der Waals surface area contributed by atoms with Gasteiger partial charge in [0, 0.05) is 35.3 Å². The number of nitrogens with zero attached hydrogens (tertiary/aromatic N) is 1. The monoisotopic (exact) mass is 360 g/mol. The maximum absolute atomic E-state index is 13.7. The lowest BCUT2D eigenvalue weighted by molar-refractivity contribution is 0.114. The van der Waals surface area contributed by atoms with E-state index in [-0.39, 0.29) is 11.9 Å². The lowest BCUT2D eigenvalue weighted by Gasteiger charge is -2.16. The van der Waals surface area contributed by atoms with Crippen LogP contribution in [0.15, 0.2) is 23.3 Å². The maximum atomic E-state index is 13.7. The third kappa shape index (κ3) is 3.52. The highest BCUT2D eigenvalue weighted by Crippen LogP contribution is 2.29. The first-order chi connectivity index (χ1) is 12.2. The molecule has 1 unspecified atom stereocenters. The van der Waals surface area contributed by atoms with Gasteiger partial charge in [-0.1, -0.05) is 0 Å². The first-order valence-corrected chi connectivity index (χ1v) is 9.14. The van der Waals surface area contributed by atoms with Gasteiger partial charge in [-0.05, 0) is 62.5 Å². The van der Waals surface area contributed by atoms with Crippen LogP contribution in [0.5, 0.6) is 0 Å². The van der Waals surface area contributed by atoms with Gasteiger partial charge < -0.3 is 15.0 Å². The number of ether oxygens (including phenoxy) is 1. The second kappa shape index (κ2) is 7.09. The number of halogens is 1. The predicted molar refractivity (Wildman–Crippen MR) is 100 cm³/mol. The number of hydrogen-bond donors (Lipinski definition) is 3. The third-order valence-corrected chi connectivity index (χ3v) is 5.01. The molecule has 7 heteroatoms. The molecule has 0 bridgehead atoms. The summed E-state index contributed by atoms with van der Waals surface area (Å²) >= 11 is 5.30. The van der Waals surface area contributed by atoms with Crippen LogP contribution in [0.1, 0.15) is 36.9 Å². The van der Waals surface area contributed by atoms with Gasteiger partial charge in [0.25, 0.3) is 0 Å². The molecule has 132 valence electrons.